The Hall–Kier alpha value is -0.761. The summed E-state index contributed by atoms with van der Waals surface area (Å²) in [7, 11) is 1.57. The van der Waals surface area contributed by atoms with E-state index < -0.39 is 28.8 Å². The van der Waals surface area contributed by atoms with Gasteiger partial charge < -0.3 is 19.0 Å². The summed E-state index contributed by atoms with van der Waals surface area (Å²) in [5.41, 5.74) is 2.82. The molecule has 63 heavy (non-hydrogen) atoms. The van der Waals surface area contributed by atoms with Gasteiger partial charge >= 0.3 is 92.4 Å². The summed E-state index contributed by atoms with van der Waals surface area (Å²) >= 11 is 13.1. The zero-order valence-corrected chi connectivity index (χ0v) is 50.2. The number of allylic oxidation sites excluding steroid dienone is 1. The molecule has 0 aliphatic carbocycles. The molecule has 1 unspecified atom stereocenters. The Morgan fingerprint density at radius 2 is 1.40 bits per heavy atom. The van der Waals surface area contributed by atoms with Gasteiger partial charge in [0.15, 0.2) is 4.67 Å². The number of para-hydroxylation sites is 3. The second-order valence-corrected chi connectivity index (χ2v) is 30.8. The summed E-state index contributed by atoms with van der Waals surface area (Å²) in [6.45, 7) is 17.6. The maximum Gasteiger partial charge on any atom is 0.261 e. The van der Waals surface area contributed by atoms with Crippen LogP contribution < -0.4 is 9.47 Å². The molecule has 1 aromatic heterocycles. The van der Waals surface area contributed by atoms with E-state index in [2.05, 4.69) is 146 Å². The van der Waals surface area contributed by atoms with Crippen LogP contribution in [0.2, 0.25) is 13.3 Å². The minimum Gasteiger partial charge on any atom is -0.507 e. The van der Waals surface area contributed by atoms with E-state index >= 15 is 0 Å². The molecule has 6 rings (SSSR count). The number of unbranched alkanes of at least 4 members (excludes halogenated alkanes) is 3. The number of furan rings is 1. The van der Waals surface area contributed by atoms with Crippen molar-refractivity contribution in [3.8, 4) is 17.2 Å². The van der Waals surface area contributed by atoms with Crippen LogP contribution in [0.3, 0.4) is 0 Å². The van der Waals surface area contributed by atoms with Gasteiger partial charge in [0.05, 0.1) is 18.6 Å². The molecule has 0 amide bonds. The van der Waals surface area contributed by atoms with Crippen molar-refractivity contribution >= 4 is 143 Å². The van der Waals surface area contributed by atoms with Gasteiger partial charge in [-0.1, -0.05) is 107 Å². The zero-order chi connectivity index (χ0) is 46.3. The second kappa shape index (κ2) is 37.2. The largest absolute Gasteiger partial charge is 0.507 e. The van der Waals surface area contributed by atoms with Crippen LogP contribution in [-0.2, 0) is 14.4 Å². The van der Waals surface area contributed by atoms with Gasteiger partial charge in [-0.15, -0.1) is 6.58 Å². The standard InChI is InChI=1S/C9H5Br2ClO3S.C9H9IO.C9H10O.C6H5IO.3C4H9.C3H5Br.CH4.Sn.H/c10-4-7-6-3-5(16(12,13)14)1-2-8(6)15-9(7)11;1-2-7-11-9-6-4-3-5-8(9)10;1-7-6-10-9-5-3-2-4-8(7)9;7-5-3-1-2-4-6(5)8;3*1-3-4-2;1-2-3-4;;;/h1-3H,4H2;2-6H,1,7H2;2-5,7H,6H2,1H3;1-4,8H;3*1,3-4H2,2H3;2H,1,3H2;1H4;;. The first-order chi connectivity index (χ1) is 29.7. The molecule has 6 nitrogen and oxygen atoms in total. The number of phenolic OH excluding ortho intramolecular Hbond substituents is 1. The van der Waals surface area contributed by atoms with Crippen LogP contribution in [0.15, 0.2) is 130 Å². The maximum atomic E-state index is 11.2. The van der Waals surface area contributed by atoms with Crippen LogP contribution >= 0.6 is 104 Å². The van der Waals surface area contributed by atoms with Crippen molar-refractivity contribution in [3.05, 3.63) is 139 Å². The third-order valence-corrected chi connectivity index (χ3v) is 24.4. The topological polar surface area (TPSA) is 86.0 Å². The van der Waals surface area contributed by atoms with Gasteiger partial charge in [0.25, 0.3) is 9.05 Å². The summed E-state index contributed by atoms with van der Waals surface area (Å²) in [5, 5.41) is 11.1. The maximum absolute atomic E-state index is 11.2. The monoisotopic (exact) mass is 1430 g/mol. The Labute approximate surface area is 443 Å². The molecule has 0 radical (unpaired) electrons. The first-order valence-electron chi connectivity index (χ1n) is 20.7. The predicted octanol–water partition coefficient (Wildman–Crippen LogP) is 17.9. The van der Waals surface area contributed by atoms with Crippen LogP contribution in [0.4, 0.5) is 0 Å². The zero-order valence-electron chi connectivity index (χ0n) is 36.2. The number of fused-ring (bicyclic) bond motifs is 2. The fraction of sp³-hybridized carbons (Fsp3) is 0.388. The van der Waals surface area contributed by atoms with E-state index in [9.17, 15) is 8.42 Å². The van der Waals surface area contributed by atoms with Gasteiger partial charge in [-0.3, -0.25) is 0 Å². The molecule has 1 aliphatic rings. The van der Waals surface area contributed by atoms with Crippen molar-refractivity contribution in [1.29, 1.82) is 0 Å². The number of halogens is 6. The number of aromatic hydroxyl groups is 1. The Morgan fingerprint density at radius 3 is 1.86 bits per heavy atom. The summed E-state index contributed by atoms with van der Waals surface area (Å²) in [6, 6.07) is 27.9. The number of alkyl halides is 2. The molecule has 14 heteroatoms. The summed E-state index contributed by atoms with van der Waals surface area (Å²) in [4.78, 5) is 0.0668. The first-order valence-corrected chi connectivity index (χ1v) is 35.2. The van der Waals surface area contributed by atoms with Gasteiger partial charge in [-0.2, -0.15) is 0 Å². The van der Waals surface area contributed by atoms with Gasteiger partial charge in [-0.05, 0) is 110 Å². The Bertz CT molecular complexity index is 2080. The Kier molecular flexibility index (Phi) is 36.8. The number of phenols is 1. The van der Waals surface area contributed by atoms with Crippen molar-refractivity contribution in [2.75, 3.05) is 18.5 Å². The number of ether oxygens (including phenoxy) is 2. The van der Waals surface area contributed by atoms with Gasteiger partial charge in [0.2, 0.25) is 0 Å². The van der Waals surface area contributed by atoms with Crippen molar-refractivity contribution in [2.45, 2.75) is 103 Å². The average Bonchev–Trinajstić information content (AvgIpc) is 3.82. The summed E-state index contributed by atoms with van der Waals surface area (Å²) < 4.78 is 46.3. The molecule has 4 aromatic carbocycles. The minimum atomic E-state index is -3.71. The first kappa shape index (κ1) is 62.2. The van der Waals surface area contributed by atoms with E-state index in [1.54, 1.807) is 43.7 Å². The number of hydrogen-bond acceptors (Lipinski definition) is 6. The molecule has 0 spiro atoms. The molecule has 1 N–H and O–H groups in total. The molecule has 1 atom stereocenters. The van der Waals surface area contributed by atoms with E-state index in [1.165, 1.54) is 56.2 Å². The van der Waals surface area contributed by atoms with E-state index in [-0.39, 0.29) is 12.3 Å². The van der Waals surface area contributed by atoms with Crippen molar-refractivity contribution in [2.24, 2.45) is 0 Å². The molecule has 5 aromatic rings. The van der Waals surface area contributed by atoms with Crippen molar-refractivity contribution in [1.82, 2.24) is 0 Å². The van der Waals surface area contributed by atoms with Crippen molar-refractivity contribution in [3.63, 3.8) is 0 Å². The molecule has 0 saturated heterocycles. The molecule has 0 fully saturated rings. The van der Waals surface area contributed by atoms with E-state index in [1.807, 2.05) is 48.5 Å². The Balaban J connectivity index is 0.000000755. The van der Waals surface area contributed by atoms with E-state index in [0.717, 1.165) is 41.5 Å². The fourth-order valence-corrected chi connectivity index (χ4v) is 19.9. The molecule has 0 saturated carbocycles. The predicted molar refractivity (Wildman–Crippen MR) is 303 cm³/mol. The smallest absolute Gasteiger partial charge is 0.261 e. The third-order valence-electron chi connectivity index (χ3n) is 9.12. The molecular formula is C49H66Br3ClI2O6SSn. The average molecular weight is 1430 g/mol. The fourth-order valence-electron chi connectivity index (χ4n) is 5.77. The summed E-state index contributed by atoms with van der Waals surface area (Å²) in [5.74, 6) is 2.92. The molecule has 0 bridgehead atoms. The number of hydrogen-bond donors (Lipinski definition) is 1. The normalized spacial score (nSPS) is 12.0. The second-order valence-electron chi connectivity index (χ2n) is 14.1. The summed E-state index contributed by atoms with van der Waals surface area (Å²) in [6.07, 6.45) is 12.4. The quantitative estimate of drug-likeness (QED) is 0.0370. The molecular weight excluding hydrogens is 1360 g/mol. The van der Waals surface area contributed by atoms with Gasteiger partial charge in [-0.25, -0.2) is 8.42 Å². The van der Waals surface area contributed by atoms with Crippen LogP contribution in [0.25, 0.3) is 11.0 Å². The number of rotatable bonds is 15. The molecule has 350 valence electrons. The SMILES string of the molecule is C.C=CCBr.C=CCOc1ccccc1I.CC1COc2ccccc21.CCC[CH2][SnH]([CH2]CCC)[CH2]CCC.O=S(=O)(Cl)c1ccc2oc(Br)c(CBr)c2c1.Oc1ccccc1I. The van der Waals surface area contributed by atoms with Gasteiger partial charge in [0, 0.05) is 43.8 Å². The van der Waals surface area contributed by atoms with Crippen LogP contribution in [0.1, 0.15) is 90.7 Å². The van der Waals surface area contributed by atoms with Crippen LogP contribution in [-0.4, -0.2) is 51.8 Å². The number of benzene rings is 4. The van der Waals surface area contributed by atoms with Crippen LogP contribution in [0.5, 0.6) is 17.2 Å². The van der Waals surface area contributed by atoms with Crippen molar-refractivity contribution < 1.29 is 27.4 Å². The minimum absolute atomic E-state index is 0. The molecule has 1 aliphatic heterocycles. The van der Waals surface area contributed by atoms with Crippen LogP contribution in [0, 0.1) is 7.14 Å². The van der Waals surface area contributed by atoms with E-state index in [4.69, 9.17) is 29.7 Å². The van der Waals surface area contributed by atoms with E-state index in [0.29, 0.717) is 33.9 Å². The third kappa shape index (κ3) is 25.8. The molecule has 2 heterocycles. The Morgan fingerprint density at radius 1 is 0.857 bits per heavy atom. The van der Waals surface area contributed by atoms with Gasteiger partial charge in [0.1, 0.15) is 29.4 Å².